The van der Waals surface area contributed by atoms with E-state index < -0.39 is 58.6 Å². The second kappa shape index (κ2) is 15.2. The van der Waals surface area contributed by atoms with Crippen molar-refractivity contribution in [3.8, 4) is 11.5 Å². The molecule has 3 aromatic rings. The molecule has 51 heavy (non-hydrogen) atoms. The monoisotopic (exact) mass is 743 g/mol. The summed E-state index contributed by atoms with van der Waals surface area (Å²) < 4.78 is 1.57. The lowest BCUT2D eigenvalue weighted by molar-refractivity contribution is -0.691. The molecule has 2 aromatic heterocycles. The summed E-state index contributed by atoms with van der Waals surface area (Å²) in [5, 5.41) is 50.9. The number of hydrogen-bond donors (Lipinski definition) is 9. The van der Waals surface area contributed by atoms with Crippen LogP contribution < -0.4 is 32.0 Å². The first-order valence-corrected chi connectivity index (χ1v) is 16.8. The summed E-state index contributed by atoms with van der Waals surface area (Å²) in [6.45, 7) is 1.59. The van der Waals surface area contributed by atoms with Crippen LogP contribution in [0.5, 0.6) is 11.5 Å². The van der Waals surface area contributed by atoms with Crippen LogP contribution in [0.15, 0.2) is 52.5 Å². The zero-order valence-corrected chi connectivity index (χ0v) is 28.1. The molecule has 11 N–H and O–H groups in total. The minimum Gasteiger partial charge on any atom is -0.504 e. The number of rotatable bonds is 14. The van der Waals surface area contributed by atoms with Crippen molar-refractivity contribution in [2.75, 3.05) is 35.6 Å². The molecule has 0 unspecified atom stereocenters. The number of oxime groups is 1. The number of benzene rings is 1. The number of nitrogens with zero attached hydrogens (tertiary/aromatic N) is 5. The van der Waals surface area contributed by atoms with Crippen LogP contribution >= 0.6 is 23.1 Å². The third-order valence-electron chi connectivity index (χ3n) is 7.42. The van der Waals surface area contributed by atoms with Crippen molar-refractivity contribution < 1.29 is 53.8 Å². The van der Waals surface area contributed by atoms with E-state index in [1.807, 2.05) is 0 Å². The van der Waals surface area contributed by atoms with Gasteiger partial charge in [-0.25, -0.2) is 19.1 Å². The van der Waals surface area contributed by atoms with E-state index in [4.69, 9.17) is 21.4 Å². The van der Waals surface area contributed by atoms with Gasteiger partial charge in [0.25, 0.3) is 29.9 Å². The van der Waals surface area contributed by atoms with Crippen LogP contribution in [0.2, 0.25) is 0 Å². The first kappa shape index (κ1) is 36.1. The first-order valence-electron chi connectivity index (χ1n) is 14.8. The van der Waals surface area contributed by atoms with Gasteiger partial charge in [-0.2, -0.15) is 0 Å². The second-order valence-corrected chi connectivity index (χ2v) is 12.9. The Labute approximate surface area is 295 Å². The van der Waals surface area contributed by atoms with E-state index in [2.05, 4.69) is 31.1 Å². The maximum absolute atomic E-state index is 13.3. The Morgan fingerprint density at radius 2 is 1.94 bits per heavy atom. The molecule has 2 aliphatic rings. The van der Waals surface area contributed by atoms with E-state index in [1.54, 1.807) is 10.8 Å². The predicted octanol–water partition coefficient (Wildman–Crippen LogP) is -1.12. The van der Waals surface area contributed by atoms with Crippen molar-refractivity contribution in [2.24, 2.45) is 5.16 Å². The Kier molecular flexibility index (Phi) is 10.7. The van der Waals surface area contributed by atoms with Gasteiger partial charge >= 0.3 is 11.9 Å². The molecule has 20 nitrogen and oxygen atoms in total. The lowest BCUT2D eigenvalue weighted by atomic mass is 10.0. The summed E-state index contributed by atoms with van der Waals surface area (Å²) in [6, 6.07) is 2.54. The van der Waals surface area contributed by atoms with Crippen LogP contribution in [0, 0.1) is 0 Å². The number of thiazole rings is 1. The van der Waals surface area contributed by atoms with E-state index in [9.17, 15) is 39.3 Å². The smallest absolute Gasteiger partial charge is 0.352 e. The fraction of sp³-hybridized carbons (Fsp3) is 0.276. The number of phenolic OH excluding ortho intramolecular Hbond substituents is 2. The van der Waals surface area contributed by atoms with E-state index in [0.717, 1.165) is 22.3 Å². The number of carbonyl (C=O) groups is 5. The molecule has 0 saturated carbocycles. The van der Waals surface area contributed by atoms with Crippen LogP contribution in [0.1, 0.15) is 23.0 Å². The molecule has 0 aliphatic carbocycles. The molecule has 1 fully saturated rings. The van der Waals surface area contributed by atoms with E-state index in [0.29, 0.717) is 11.3 Å². The first-order chi connectivity index (χ1) is 24.2. The summed E-state index contributed by atoms with van der Waals surface area (Å²) in [4.78, 5) is 76.6. The number of fused-ring (bicyclic) bond motifs is 1. The summed E-state index contributed by atoms with van der Waals surface area (Å²) in [5.41, 5.74) is 11.9. The molecule has 0 radical (unpaired) electrons. The number of aliphatic carboxylic acids is 2. The van der Waals surface area contributed by atoms with Gasteiger partial charge in [0, 0.05) is 35.4 Å². The summed E-state index contributed by atoms with van der Waals surface area (Å²) in [5.74, 6) is -5.26. The third-order valence-corrected chi connectivity index (χ3v) is 9.43. The van der Waals surface area contributed by atoms with E-state index in [1.165, 1.54) is 42.5 Å². The zero-order chi connectivity index (χ0) is 37.0. The van der Waals surface area contributed by atoms with Crippen molar-refractivity contribution in [1.82, 2.24) is 25.5 Å². The molecule has 0 spiro atoms. The Bertz CT molecular complexity index is 1970. The Morgan fingerprint density at radius 3 is 2.61 bits per heavy atom. The molecular weight excluding hydrogens is 713 g/mol. The Balaban J connectivity index is 1.24. The highest BCUT2D eigenvalue weighted by atomic mass is 32.2. The number of carbonyl (C=O) groups excluding carboxylic acids is 3. The zero-order valence-electron chi connectivity index (χ0n) is 26.5. The van der Waals surface area contributed by atoms with Crippen molar-refractivity contribution in [3.05, 3.63) is 58.6 Å². The number of phenols is 2. The van der Waals surface area contributed by atoms with Crippen molar-refractivity contribution in [2.45, 2.75) is 31.0 Å². The quantitative estimate of drug-likeness (QED) is 0.0236. The summed E-state index contributed by atoms with van der Waals surface area (Å²) in [6.07, 6.45) is 1.58. The van der Waals surface area contributed by atoms with Crippen molar-refractivity contribution in [3.63, 3.8) is 0 Å². The van der Waals surface area contributed by atoms with Crippen molar-refractivity contribution >= 4 is 75.1 Å². The van der Waals surface area contributed by atoms with Gasteiger partial charge in [0.1, 0.15) is 41.2 Å². The summed E-state index contributed by atoms with van der Waals surface area (Å²) >= 11 is 2.22. The van der Waals surface area contributed by atoms with E-state index >= 15 is 0 Å². The number of hydrogen-bond acceptors (Lipinski definition) is 16. The molecule has 5 rings (SSSR count). The van der Waals surface area contributed by atoms with Crippen LogP contribution in [0.3, 0.4) is 0 Å². The third kappa shape index (κ3) is 8.02. The van der Waals surface area contributed by atoms with Crippen LogP contribution in [0.4, 0.5) is 16.6 Å². The average molecular weight is 744 g/mol. The van der Waals surface area contributed by atoms with Gasteiger partial charge in [0.15, 0.2) is 22.3 Å². The number of aromatic hydroxyl groups is 2. The molecule has 3 atom stereocenters. The fourth-order valence-electron chi connectivity index (χ4n) is 4.85. The number of nitrogen functional groups attached to an aromatic ring is 2. The molecule has 4 heterocycles. The SMILES string of the molecule is C[C@H](O/N=C(\C(=O)N[C@@H]1C(=O)N2C(C(=O)O)=C(C[n+]3cnc(N)c(NCCNC(=O)c4ccc(O)c(O)c4)c3)CS[C@H]12)c1csc(N)n1)C(=O)O. The predicted molar refractivity (Wildman–Crippen MR) is 180 cm³/mol. The number of β-lactam (4-membered cyclic amide) rings is 1. The molecule has 22 heteroatoms. The number of carboxylic acids is 2. The number of nitrogens with one attached hydrogen (secondary N) is 3. The Morgan fingerprint density at radius 1 is 1.18 bits per heavy atom. The minimum absolute atomic E-state index is 0.0103. The molecular formula is C29H31N10O10S2+. The lowest BCUT2D eigenvalue weighted by Gasteiger charge is -2.49. The maximum atomic E-state index is 13.3. The number of thioether (sulfide) groups is 1. The Hall–Kier alpha value is -6.16. The van der Waals surface area contributed by atoms with Gasteiger partial charge < -0.3 is 52.7 Å². The molecule has 0 bridgehead atoms. The number of anilines is 3. The molecule has 1 aromatic carbocycles. The highest BCUT2D eigenvalue weighted by Gasteiger charge is 2.54. The van der Waals surface area contributed by atoms with Crippen LogP contribution in [0.25, 0.3) is 0 Å². The van der Waals surface area contributed by atoms with Crippen molar-refractivity contribution in [1.29, 1.82) is 0 Å². The minimum atomic E-state index is -1.40. The molecule has 3 amide bonds. The largest absolute Gasteiger partial charge is 0.504 e. The van der Waals surface area contributed by atoms with Gasteiger partial charge in [-0.05, 0) is 30.1 Å². The highest BCUT2D eigenvalue weighted by molar-refractivity contribution is 8.00. The lowest BCUT2D eigenvalue weighted by Crippen LogP contribution is -2.71. The van der Waals surface area contributed by atoms with Gasteiger partial charge in [0.05, 0.1) is 0 Å². The maximum Gasteiger partial charge on any atom is 0.352 e. The number of carboxylic acid groups (broad SMARTS) is 2. The summed E-state index contributed by atoms with van der Waals surface area (Å²) in [7, 11) is 0. The standard InChI is InChI=1S/C29H30N10O10S2/c1-12(27(45)46)49-37-19(16-10-51-29(31)35-16)24(43)36-20-25(44)39-21(28(47)48)14(9-50-26(20)39)7-38-8-15(22(30)34-11-38)32-4-5-33-23(42)13-2-3-17(40)18(41)6-13/h2-3,6,8,10-12,20,26,30,32H,4-5,7,9H2,1H3,(H8,31,33,35,36,37,40,41,42,43,45,46,47,48)/p+1/t12-,20+,26+/m0/s1. The second-order valence-electron chi connectivity index (χ2n) is 10.9. The van der Waals surface area contributed by atoms with Gasteiger partial charge in [-0.15, -0.1) is 23.1 Å². The fourth-order valence-corrected chi connectivity index (χ4v) is 6.73. The van der Waals surface area contributed by atoms with Crippen LogP contribution in [-0.4, -0.2) is 107 Å². The highest BCUT2D eigenvalue weighted by Crippen LogP contribution is 2.40. The average Bonchev–Trinajstić information content (AvgIpc) is 3.52. The molecule has 1 saturated heterocycles. The van der Waals surface area contributed by atoms with E-state index in [-0.39, 0.29) is 59.0 Å². The number of nitrogens with two attached hydrogens (primary N) is 2. The van der Waals surface area contributed by atoms with Gasteiger partial charge in [-0.3, -0.25) is 19.3 Å². The van der Waals surface area contributed by atoms with Crippen LogP contribution in [-0.2, 0) is 30.6 Å². The normalized spacial score (nSPS) is 17.5. The van der Waals surface area contributed by atoms with Gasteiger partial charge in [0.2, 0.25) is 6.10 Å². The number of amides is 3. The molecule has 2 aliphatic heterocycles. The topological polar surface area (TPSA) is 309 Å². The van der Waals surface area contributed by atoms with Gasteiger partial charge in [-0.1, -0.05) is 5.16 Å². The number of aromatic nitrogens is 3. The molecule has 268 valence electrons.